The second-order valence-electron chi connectivity index (χ2n) is 5.65. The summed E-state index contributed by atoms with van der Waals surface area (Å²) >= 11 is 7.41. The summed E-state index contributed by atoms with van der Waals surface area (Å²) in [6.45, 7) is 1.78. The summed E-state index contributed by atoms with van der Waals surface area (Å²) < 4.78 is 26.0. The first-order valence-electron chi connectivity index (χ1n) is 7.96. The van der Waals surface area contributed by atoms with Crippen LogP contribution in [0.15, 0.2) is 53.4 Å². The third-order valence-corrected chi connectivity index (χ3v) is 6.00. The molecule has 2 aromatic carbocycles. The number of hydrogen-bond acceptors (Lipinski definition) is 4. The number of thioether (sulfide) groups is 1. The quantitative estimate of drug-likeness (QED) is 0.690. The Morgan fingerprint density at radius 1 is 1.19 bits per heavy atom. The van der Waals surface area contributed by atoms with E-state index in [9.17, 15) is 13.2 Å². The van der Waals surface area contributed by atoms with Crippen molar-refractivity contribution in [2.75, 3.05) is 22.1 Å². The van der Waals surface area contributed by atoms with Crippen LogP contribution in [0.25, 0.3) is 0 Å². The first kappa shape index (κ1) is 20.6. The second kappa shape index (κ2) is 8.79. The lowest BCUT2D eigenvalue weighted by Crippen LogP contribution is -2.47. The number of anilines is 2. The van der Waals surface area contributed by atoms with Crippen LogP contribution in [0, 0.1) is 0 Å². The summed E-state index contributed by atoms with van der Waals surface area (Å²) in [5.41, 5.74) is 1.06. The van der Waals surface area contributed by atoms with Crippen molar-refractivity contribution in [3.05, 3.63) is 53.6 Å². The van der Waals surface area contributed by atoms with Crippen LogP contribution >= 0.6 is 23.4 Å². The van der Waals surface area contributed by atoms with Gasteiger partial charge in [0.15, 0.2) is 0 Å². The number of amides is 1. The molecule has 0 radical (unpaired) electrons. The van der Waals surface area contributed by atoms with Gasteiger partial charge in [-0.2, -0.15) is 0 Å². The van der Waals surface area contributed by atoms with Gasteiger partial charge < -0.3 is 5.32 Å². The summed E-state index contributed by atoms with van der Waals surface area (Å²) in [4.78, 5) is 13.8. The summed E-state index contributed by atoms with van der Waals surface area (Å²) in [5.74, 6) is -0.380. The van der Waals surface area contributed by atoms with Crippen LogP contribution in [0.5, 0.6) is 0 Å². The number of sulfonamides is 1. The molecule has 0 aromatic heterocycles. The minimum absolute atomic E-state index is 0.322. The van der Waals surface area contributed by atoms with E-state index in [1.54, 1.807) is 37.3 Å². The topological polar surface area (TPSA) is 66.5 Å². The second-order valence-corrected chi connectivity index (χ2v) is 8.79. The summed E-state index contributed by atoms with van der Waals surface area (Å²) in [5, 5.41) is 3.35. The SMILES string of the molecule is CC[C@@H](C(=O)Nc1ccccc1SC)N(c1ccc(Cl)cc1)S(C)(=O)=O. The Balaban J connectivity index is 2.38. The summed E-state index contributed by atoms with van der Waals surface area (Å²) in [6, 6.07) is 12.9. The van der Waals surface area contributed by atoms with Gasteiger partial charge >= 0.3 is 0 Å². The van der Waals surface area contributed by atoms with Crippen LogP contribution in [0.2, 0.25) is 5.02 Å². The summed E-state index contributed by atoms with van der Waals surface area (Å²) in [6.07, 6.45) is 3.33. The van der Waals surface area contributed by atoms with Gasteiger partial charge in [-0.3, -0.25) is 9.10 Å². The van der Waals surface area contributed by atoms with Gasteiger partial charge in [0.1, 0.15) is 6.04 Å². The highest BCUT2D eigenvalue weighted by atomic mass is 35.5. The fraction of sp³-hybridized carbons (Fsp3) is 0.278. The van der Waals surface area contributed by atoms with Crippen LogP contribution in [-0.2, 0) is 14.8 Å². The molecule has 0 saturated carbocycles. The molecule has 140 valence electrons. The molecule has 0 fully saturated rings. The highest BCUT2D eigenvalue weighted by molar-refractivity contribution is 7.98. The molecular weight excluding hydrogens is 392 g/mol. The minimum Gasteiger partial charge on any atom is -0.323 e. The molecule has 2 aromatic rings. The molecule has 0 bridgehead atoms. The molecule has 0 aliphatic rings. The highest BCUT2D eigenvalue weighted by Gasteiger charge is 2.31. The Morgan fingerprint density at radius 3 is 2.35 bits per heavy atom. The molecule has 0 aliphatic carbocycles. The minimum atomic E-state index is -3.67. The van der Waals surface area contributed by atoms with Gasteiger partial charge in [-0.15, -0.1) is 11.8 Å². The van der Waals surface area contributed by atoms with Crippen LogP contribution in [0.4, 0.5) is 11.4 Å². The fourth-order valence-electron chi connectivity index (χ4n) is 2.61. The molecule has 0 saturated heterocycles. The Bertz CT molecular complexity index is 870. The zero-order chi connectivity index (χ0) is 19.3. The van der Waals surface area contributed by atoms with E-state index in [0.29, 0.717) is 22.8 Å². The first-order chi connectivity index (χ1) is 12.3. The van der Waals surface area contributed by atoms with E-state index < -0.39 is 16.1 Å². The van der Waals surface area contributed by atoms with E-state index in [1.807, 2.05) is 24.5 Å². The number of halogens is 1. The lowest BCUT2D eigenvalue weighted by Gasteiger charge is -2.30. The van der Waals surface area contributed by atoms with Crippen LogP contribution in [-0.4, -0.2) is 32.9 Å². The predicted octanol–water partition coefficient (Wildman–Crippen LogP) is 4.25. The third-order valence-electron chi connectivity index (χ3n) is 3.78. The van der Waals surface area contributed by atoms with Crippen LogP contribution < -0.4 is 9.62 Å². The molecule has 0 heterocycles. The van der Waals surface area contributed by atoms with Gasteiger partial charge in [0.05, 0.1) is 17.6 Å². The Kier molecular flexibility index (Phi) is 6.97. The van der Waals surface area contributed by atoms with E-state index in [1.165, 1.54) is 11.8 Å². The molecule has 5 nitrogen and oxygen atoms in total. The van der Waals surface area contributed by atoms with Crippen molar-refractivity contribution in [3.8, 4) is 0 Å². The van der Waals surface area contributed by atoms with E-state index >= 15 is 0 Å². The molecule has 0 spiro atoms. The molecule has 0 unspecified atom stereocenters. The van der Waals surface area contributed by atoms with Crippen LogP contribution in [0.3, 0.4) is 0 Å². The molecule has 1 amide bonds. The average Bonchev–Trinajstić information content (AvgIpc) is 2.60. The summed E-state index contributed by atoms with van der Waals surface area (Å²) in [7, 11) is -3.67. The number of para-hydroxylation sites is 1. The van der Waals surface area contributed by atoms with Gasteiger partial charge in [-0.1, -0.05) is 30.7 Å². The molecule has 8 heteroatoms. The van der Waals surface area contributed by atoms with Crippen molar-refractivity contribution in [2.24, 2.45) is 0 Å². The number of rotatable bonds is 7. The van der Waals surface area contributed by atoms with E-state index in [-0.39, 0.29) is 5.91 Å². The van der Waals surface area contributed by atoms with Gasteiger partial charge in [0, 0.05) is 9.92 Å². The molecular formula is C18H21ClN2O3S2. The molecule has 2 rings (SSSR count). The van der Waals surface area contributed by atoms with Crippen molar-refractivity contribution in [1.29, 1.82) is 0 Å². The number of carbonyl (C=O) groups is 1. The number of hydrogen-bond donors (Lipinski definition) is 1. The predicted molar refractivity (Wildman–Crippen MR) is 110 cm³/mol. The first-order valence-corrected chi connectivity index (χ1v) is 11.4. The maximum Gasteiger partial charge on any atom is 0.248 e. The fourth-order valence-corrected chi connectivity index (χ4v) is 4.50. The zero-order valence-corrected chi connectivity index (χ0v) is 17.2. The van der Waals surface area contributed by atoms with E-state index in [0.717, 1.165) is 15.5 Å². The molecule has 1 atom stereocenters. The number of benzene rings is 2. The van der Waals surface area contributed by atoms with Gasteiger partial charge in [0.2, 0.25) is 15.9 Å². The largest absolute Gasteiger partial charge is 0.323 e. The van der Waals surface area contributed by atoms with E-state index in [2.05, 4.69) is 5.32 Å². The van der Waals surface area contributed by atoms with Crippen molar-refractivity contribution in [2.45, 2.75) is 24.3 Å². The van der Waals surface area contributed by atoms with Crippen molar-refractivity contribution in [3.63, 3.8) is 0 Å². The Hall–Kier alpha value is -1.70. The third kappa shape index (κ3) is 4.93. The van der Waals surface area contributed by atoms with Crippen LogP contribution in [0.1, 0.15) is 13.3 Å². The highest BCUT2D eigenvalue weighted by Crippen LogP contribution is 2.27. The normalized spacial score (nSPS) is 12.5. The lowest BCUT2D eigenvalue weighted by atomic mass is 10.2. The number of nitrogens with zero attached hydrogens (tertiary/aromatic N) is 1. The smallest absolute Gasteiger partial charge is 0.248 e. The van der Waals surface area contributed by atoms with Crippen molar-refractivity contribution < 1.29 is 13.2 Å². The molecule has 0 aliphatic heterocycles. The van der Waals surface area contributed by atoms with Crippen molar-refractivity contribution >= 4 is 50.7 Å². The number of nitrogens with one attached hydrogen (secondary N) is 1. The lowest BCUT2D eigenvalue weighted by molar-refractivity contribution is -0.117. The Labute approximate surface area is 163 Å². The monoisotopic (exact) mass is 412 g/mol. The maximum absolute atomic E-state index is 12.9. The van der Waals surface area contributed by atoms with Gasteiger partial charge in [-0.25, -0.2) is 8.42 Å². The average molecular weight is 413 g/mol. The zero-order valence-electron chi connectivity index (χ0n) is 14.8. The molecule has 26 heavy (non-hydrogen) atoms. The van der Waals surface area contributed by atoms with Crippen molar-refractivity contribution in [1.82, 2.24) is 0 Å². The van der Waals surface area contributed by atoms with Gasteiger partial charge in [-0.05, 0) is 49.1 Å². The number of carbonyl (C=O) groups excluding carboxylic acids is 1. The van der Waals surface area contributed by atoms with E-state index in [4.69, 9.17) is 11.6 Å². The Morgan fingerprint density at radius 2 is 1.81 bits per heavy atom. The van der Waals surface area contributed by atoms with Gasteiger partial charge in [0.25, 0.3) is 0 Å². The molecule has 1 N–H and O–H groups in total. The maximum atomic E-state index is 12.9. The standard InChI is InChI=1S/C18H21ClN2O3S2/c1-4-16(18(22)20-15-7-5-6-8-17(15)25-2)21(26(3,23)24)14-11-9-13(19)10-12-14/h5-12,16H,4H2,1-3H3,(H,20,22)/t16-/m0/s1.